The highest BCUT2D eigenvalue weighted by Crippen LogP contribution is 2.07. The lowest BCUT2D eigenvalue weighted by Crippen LogP contribution is -2.39. The van der Waals surface area contributed by atoms with Crippen molar-refractivity contribution in [2.45, 2.75) is 12.3 Å². The molecule has 15 heavy (non-hydrogen) atoms. The van der Waals surface area contributed by atoms with Crippen molar-refractivity contribution >= 4 is 20.2 Å². The summed E-state index contributed by atoms with van der Waals surface area (Å²) in [6.45, 7) is 3.27. The largest absolute Gasteiger partial charge is 0.320 e. The summed E-state index contributed by atoms with van der Waals surface area (Å²) in [6, 6.07) is -1.07. The minimum absolute atomic E-state index is 0.751. The van der Waals surface area contributed by atoms with E-state index in [1.165, 1.54) is 0 Å². The molecule has 0 fully saturated rings. The lowest BCUT2D eigenvalue weighted by Gasteiger charge is -2.18. The fourth-order valence-electron chi connectivity index (χ4n) is 0.600. The maximum absolute atomic E-state index is 10.8. The van der Waals surface area contributed by atoms with E-state index in [0.717, 1.165) is 18.6 Å². The third-order valence-electron chi connectivity index (χ3n) is 1.13. The molecule has 0 aliphatic heterocycles. The Bertz CT molecular complexity index is 377. The van der Waals surface area contributed by atoms with E-state index in [9.17, 15) is 16.8 Å². The van der Waals surface area contributed by atoms with Crippen LogP contribution in [0.3, 0.4) is 0 Å². The smallest absolute Gasteiger partial charge is 0.266 e. The molecule has 0 radical (unpaired) electrons. The Hall–Kier alpha value is -0.480. The highest BCUT2D eigenvalue weighted by molar-refractivity contribution is 7.86. The van der Waals surface area contributed by atoms with E-state index < -0.39 is 32.6 Å². The van der Waals surface area contributed by atoms with E-state index in [-0.39, 0.29) is 0 Å². The maximum atomic E-state index is 10.8. The van der Waals surface area contributed by atoms with E-state index >= 15 is 0 Å². The standard InChI is InChI=1S/C6H13NO6S2/c1-4-5(7)6(12-14(2,8)9)13-15(3,10)11/h4-6H,1,7H2,2-3H3. The number of nitrogens with two attached hydrogens (primary N) is 1. The van der Waals surface area contributed by atoms with Gasteiger partial charge in [0.2, 0.25) is 6.29 Å². The van der Waals surface area contributed by atoms with Crippen LogP contribution in [0.1, 0.15) is 0 Å². The topological polar surface area (TPSA) is 113 Å². The Labute approximate surface area is 89.1 Å². The van der Waals surface area contributed by atoms with E-state index in [1.807, 2.05) is 0 Å². The van der Waals surface area contributed by atoms with Crippen LogP contribution < -0.4 is 5.73 Å². The molecule has 0 rings (SSSR count). The molecule has 0 aromatic rings. The Morgan fingerprint density at radius 1 is 1.13 bits per heavy atom. The zero-order chi connectivity index (χ0) is 12.3. The molecule has 0 bridgehead atoms. The molecule has 0 saturated heterocycles. The Morgan fingerprint density at radius 3 is 1.67 bits per heavy atom. The van der Waals surface area contributed by atoms with Crippen LogP contribution in [0, 0.1) is 0 Å². The normalized spacial score (nSPS) is 15.2. The molecule has 0 saturated carbocycles. The molecule has 0 amide bonds. The molecule has 1 atom stereocenters. The molecule has 0 aliphatic rings. The van der Waals surface area contributed by atoms with Gasteiger partial charge in [-0.05, 0) is 0 Å². The fraction of sp³-hybridized carbons (Fsp3) is 0.667. The summed E-state index contributed by atoms with van der Waals surface area (Å²) >= 11 is 0. The van der Waals surface area contributed by atoms with Crippen molar-refractivity contribution in [3.63, 3.8) is 0 Å². The monoisotopic (exact) mass is 259 g/mol. The SMILES string of the molecule is C=CC(N)C(OS(C)(=O)=O)OS(C)(=O)=O. The minimum Gasteiger partial charge on any atom is -0.320 e. The molecule has 7 nitrogen and oxygen atoms in total. The second kappa shape index (κ2) is 5.03. The lowest BCUT2D eigenvalue weighted by molar-refractivity contribution is 0.00949. The van der Waals surface area contributed by atoms with Gasteiger partial charge in [0.25, 0.3) is 20.2 Å². The Balaban J connectivity index is 4.83. The Kier molecular flexibility index (Phi) is 4.87. The van der Waals surface area contributed by atoms with E-state index in [4.69, 9.17) is 5.73 Å². The fourth-order valence-corrected chi connectivity index (χ4v) is 1.67. The molecular weight excluding hydrogens is 246 g/mol. The average Bonchev–Trinajstić information content (AvgIpc) is 1.96. The number of rotatable bonds is 6. The summed E-state index contributed by atoms with van der Waals surface area (Å²) in [5.41, 5.74) is 5.33. The molecule has 90 valence electrons. The van der Waals surface area contributed by atoms with Crippen LogP contribution >= 0.6 is 0 Å². The molecule has 1 unspecified atom stereocenters. The van der Waals surface area contributed by atoms with Gasteiger partial charge in [-0.3, -0.25) is 0 Å². The number of hydrogen-bond donors (Lipinski definition) is 1. The Morgan fingerprint density at radius 2 is 1.47 bits per heavy atom. The zero-order valence-corrected chi connectivity index (χ0v) is 9.92. The molecule has 9 heteroatoms. The van der Waals surface area contributed by atoms with Crippen molar-refractivity contribution in [2.75, 3.05) is 12.5 Å². The van der Waals surface area contributed by atoms with Crippen molar-refractivity contribution in [2.24, 2.45) is 5.73 Å². The van der Waals surface area contributed by atoms with E-state index in [0.29, 0.717) is 0 Å². The van der Waals surface area contributed by atoms with Crippen LogP contribution in [0.25, 0.3) is 0 Å². The van der Waals surface area contributed by atoms with Gasteiger partial charge < -0.3 is 5.73 Å². The predicted octanol–water partition coefficient (Wildman–Crippen LogP) is -1.22. The van der Waals surface area contributed by atoms with Crippen LogP contribution in [0.15, 0.2) is 12.7 Å². The van der Waals surface area contributed by atoms with Crippen molar-refractivity contribution in [3.8, 4) is 0 Å². The van der Waals surface area contributed by atoms with Crippen molar-refractivity contribution in [1.29, 1.82) is 0 Å². The summed E-state index contributed by atoms with van der Waals surface area (Å²) in [7, 11) is -7.74. The van der Waals surface area contributed by atoms with Crippen LogP contribution in [-0.2, 0) is 28.6 Å². The van der Waals surface area contributed by atoms with Gasteiger partial charge in [-0.2, -0.15) is 16.8 Å². The summed E-state index contributed by atoms with van der Waals surface area (Å²) in [6.07, 6.45) is 0.983. The first-order valence-corrected chi connectivity index (χ1v) is 7.33. The lowest BCUT2D eigenvalue weighted by atomic mass is 10.3. The average molecular weight is 259 g/mol. The summed E-state index contributed by atoms with van der Waals surface area (Å²) in [4.78, 5) is 0. The first kappa shape index (κ1) is 14.5. The molecule has 0 aromatic heterocycles. The van der Waals surface area contributed by atoms with Gasteiger partial charge in [0, 0.05) is 0 Å². The quantitative estimate of drug-likeness (QED) is 0.361. The number of hydrogen-bond acceptors (Lipinski definition) is 7. The van der Waals surface area contributed by atoms with Crippen LogP contribution in [0.5, 0.6) is 0 Å². The molecule has 0 heterocycles. The third kappa shape index (κ3) is 7.45. The summed E-state index contributed by atoms with van der Waals surface area (Å²) < 4.78 is 51.7. The second-order valence-corrected chi connectivity index (χ2v) is 5.98. The highest BCUT2D eigenvalue weighted by Gasteiger charge is 2.25. The zero-order valence-electron chi connectivity index (χ0n) is 8.28. The summed E-state index contributed by atoms with van der Waals surface area (Å²) in [5, 5.41) is 0. The molecule has 0 aromatic carbocycles. The molecular formula is C6H13NO6S2. The van der Waals surface area contributed by atoms with Gasteiger partial charge in [0.05, 0.1) is 18.6 Å². The van der Waals surface area contributed by atoms with Gasteiger partial charge in [-0.1, -0.05) is 6.08 Å². The van der Waals surface area contributed by atoms with E-state index in [1.54, 1.807) is 0 Å². The first-order chi connectivity index (χ1) is 6.55. The maximum Gasteiger partial charge on any atom is 0.266 e. The second-order valence-electron chi connectivity index (χ2n) is 2.78. The molecule has 0 aliphatic carbocycles. The van der Waals surface area contributed by atoms with Crippen molar-refractivity contribution in [3.05, 3.63) is 12.7 Å². The minimum atomic E-state index is -3.87. The van der Waals surface area contributed by atoms with Gasteiger partial charge in [-0.25, -0.2) is 8.37 Å². The van der Waals surface area contributed by atoms with Crippen molar-refractivity contribution in [1.82, 2.24) is 0 Å². The van der Waals surface area contributed by atoms with Gasteiger partial charge >= 0.3 is 0 Å². The van der Waals surface area contributed by atoms with Gasteiger partial charge in [0.15, 0.2) is 0 Å². The van der Waals surface area contributed by atoms with Gasteiger partial charge in [0.1, 0.15) is 0 Å². The van der Waals surface area contributed by atoms with Crippen LogP contribution in [-0.4, -0.2) is 41.7 Å². The van der Waals surface area contributed by atoms with Crippen LogP contribution in [0.2, 0.25) is 0 Å². The predicted molar refractivity (Wildman–Crippen MR) is 53.8 cm³/mol. The third-order valence-corrected chi connectivity index (χ3v) is 2.20. The molecule has 0 spiro atoms. The summed E-state index contributed by atoms with van der Waals surface area (Å²) in [5.74, 6) is 0. The van der Waals surface area contributed by atoms with Crippen molar-refractivity contribution < 1.29 is 25.2 Å². The van der Waals surface area contributed by atoms with Crippen LogP contribution in [0.4, 0.5) is 0 Å². The van der Waals surface area contributed by atoms with Gasteiger partial charge in [-0.15, -0.1) is 6.58 Å². The van der Waals surface area contributed by atoms with E-state index in [2.05, 4.69) is 14.9 Å². The molecule has 2 N–H and O–H groups in total. The highest BCUT2D eigenvalue weighted by atomic mass is 32.2. The first-order valence-electron chi connectivity index (χ1n) is 3.70.